The van der Waals surface area contributed by atoms with E-state index in [0.29, 0.717) is 13.0 Å². The van der Waals surface area contributed by atoms with Gasteiger partial charge in [0, 0.05) is 13.0 Å². The average Bonchev–Trinajstić information content (AvgIpc) is 2.48. The first-order valence-electron chi connectivity index (χ1n) is 4.19. The Bertz CT molecular complexity index is 250. The Morgan fingerprint density at radius 3 is 2.79 bits per heavy atom. The van der Waals surface area contributed by atoms with Crippen LogP contribution in [0.1, 0.15) is 12.8 Å². The zero-order valence-electron chi connectivity index (χ0n) is 7.82. The number of nitrogens with zero attached hydrogens (tertiary/aromatic N) is 1. The van der Waals surface area contributed by atoms with Gasteiger partial charge < -0.3 is 4.74 Å². The first-order valence-corrected chi connectivity index (χ1v) is 5.17. The third-order valence-corrected chi connectivity index (χ3v) is 2.69. The van der Waals surface area contributed by atoms with E-state index in [4.69, 9.17) is 0 Å². The lowest BCUT2D eigenvalue weighted by Gasteiger charge is -2.11. The van der Waals surface area contributed by atoms with Crippen LogP contribution in [0.5, 0.6) is 0 Å². The molecule has 78 valence electrons. The minimum atomic E-state index is -0.322. The lowest BCUT2D eigenvalue weighted by atomic mass is 10.3. The Labute approximate surface area is 85.8 Å². The lowest BCUT2D eigenvalue weighted by Crippen LogP contribution is -2.29. The van der Waals surface area contributed by atoms with Crippen LogP contribution < -0.4 is 0 Å². The predicted octanol–water partition coefficient (Wildman–Crippen LogP) is 0.635. The largest absolute Gasteiger partial charge is 0.469 e. The molecule has 0 unspecified atom stereocenters. The van der Waals surface area contributed by atoms with Gasteiger partial charge in [-0.05, 0) is 6.42 Å². The standard InChI is InChI=1S/C8H11NO4S/c1-13-7(11)3-2-4-9-6(10)5-14-8(9)12/h2-5H2,1H3. The normalized spacial score (nSPS) is 16.2. The van der Waals surface area contributed by atoms with E-state index in [-0.39, 0.29) is 29.3 Å². The Hall–Kier alpha value is -1.04. The topological polar surface area (TPSA) is 63.7 Å². The number of carbonyl (C=O) groups excluding carboxylic acids is 3. The molecule has 1 aliphatic rings. The number of ether oxygens (including phenoxy) is 1. The van der Waals surface area contributed by atoms with Crippen LogP contribution in [0.15, 0.2) is 0 Å². The number of thioether (sulfide) groups is 1. The fraction of sp³-hybridized carbons (Fsp3) is 0.625. The Morgan fingerprint density at radius 1 is 1.57 bits per heavy atom. The van der Waals surface area contributed by atoms with Crippen LogP contribution in [0.4, 0.5) is 4.79 Å². The molecule has 0 atom stereocenters. The smallest absolute Gasteiger partial charge is 0.305 e. The second kappa shape index (κ2) is 4.99. The number of amides is 2. The Morgan fingerprint density at radius 2 is 2.29 bits per heavy atom. The highest BCUT2D eigenvalue weighted by atomic mass is 32.2. The van der Waals surface area contributed by atoms with E-state index >= 15 is 0 Å². The highest BCUT2D eigenvalue weighted by molar-refractivity contribution is 8.14. The van der Waals surface area contributed by atoms with Crippen molar-refractivity contribution in [1.82, 2.24) is 4.90 Å². The molecule has 1 fully saturated rings. The molecule has 0 aromatic rings. The molecule has 1 aliphatic heterocycles. The quantitative estimate of drug-likeness (QED) is 0.646. The van der Waals surface area contributed by atoms with Gasteiger partial charge in [-0.3, -0.25) is 19.3 Å². The highest BCUT2D eigenvalue weighted by Gasteiger charge is 2.29. The number of carbonyl (C=O) groups is 3. The zero-order valence-corrected chi connectivity index (χ0v) is 8.63. The van der Waals surface area contributed by atoms with Crippen molar-refractivity contribution >= 4 is 28.9 Å². The van der Waals surface area contributed by atoms with Crippen molar-refractivity contribution in [3.05, 3.63) is 0 Å². The van der Waals surface area contributed by atoms with E-state index in [2.05, 4.69) is 4.74 Å². The molecule has 0 spiro atoms. The molecule has 0 radical (unpaired) electrons. The molecule has 0 aromatic carbocycles. The van der Waals surface area contributed by atoms with Crippen molar-refractivity contribution in [3.63, 3.8) is 0 Å². The van der Waals surface area contributed by atoms with Crippen molar-refractivity contribution in [2.24, 2.45) is 0 Å². The van der Waals surface area contributed by atoms with Crippen molar-refractivity contribution in [1.29, 1.82) is 0 Å². The number of methoxy groups -OCH3 is 1. The van der Waals surface area contributed by atoms with Gasteiger partial charge in [-0.25, -0.2) is 0 Å². The molecule has 1 rings (SSSR count). The second-order valence-electron chi connectivity index (χ2n) is 2.78. The number of imide groups is 1. The van der Waals surface area contributed by atoms with E-state index in [1.54, 1.807) is 0 Å². The third-order valence-electron chi connectivity index (χ3n) is 1.83. The molecule has 2 amide bonds. The summed E-state index contributed by atoms with van der Waals surface area (Å²) in [6.07, 6.45) is 0.697. The van der Waals surface area contributed by atoms with Crippen LogP contribution in [0, 0.1) is 0 Å². The Balaban J connectivity index is 2.27. The van der Waals surface area contributed by atoms with E-state index in [1.807, 2.05) is 0 Å². The van der Waals surface area contributed by atoms with Gasteiger partial charge in [-0.1, -0.05) is 11.8 Å². The summed E-state index contributed by atoms with van der Waals surface area (Å²) in [7, 11) is 1.31. The van der Waals surface area contributed by atoms with Gasteiger partial charge >= 0.3 is 5.97 Å². The van der Waals surface area contributed by atoms with Gasteiger partial charge in [-0.15, -0.1) is 0 Å². The second-order valence-corrected chi connectivity index (χ2v) is 3.71. The van der Waals surface area contributed by atoms with Crippen LogP contribution >= 0.6 is 11.8 Å². The van der Waals surface area contributed by atoms with Gasteiger partial charge in [0.1, 0.15) is 0 Å². The maximum Gasteiger partial charge on any atom is 0.305 e. The van der Waals surface area contributed by atoms with Gasteiger partial charge in [0.15, 0.2) is 0 Å². The lowest BCUT2D eigenvalue weighted by molar-refractivity contribution is -0.141. The molecule has 0 N–H and O–H groups in total. The predicted molar refractivity (Wildman–Crippen MR) is 50.8 cm³/mol. The van der Waals surface area contributed by atoms with Crippen molar-refractivity contribution in [2.45, 2.75) is 12.8 Å². The van der Waals surface area contributed by atoms with Crippen molar-refractivity contribution < 1.29 is 19.1 Å². The van der Waals surface area contributed by atoms with Crippen LogP contribution in [0.2, 0.25) is 0 Å². The monoisotopic (exact) mass is 217 g/mol. The van der Waals surface area contributed by atoms with Gasteiger partial charge in [0.25, 0.3) is 5.24 Å². The van der Waals surface area contributed by atoms with Crippen molar-refractivity contribution in [2.75, 3.05) is 19.4 Å². The molecule has 1 saturated heterocycles. The van der Waals surface area contributed by atoms with Crippen LogP contribution in [0.3, 0.4) is 0 Å². The molecule has 1 heterocycles. The maximum absolute atomic E-state index is 11.1. The fourth-order valence-electron chi connectivity index (χ4n) is 1.08. The number of hydrogen-bond acceptors (Lipinski definition) is 5. The molecule has 5 nitrogen and oxygen atoms in total. The fourth-order valence-corrected chi connectivity index (χ4v) is 1.83. The first-order chi connectivity index (χ1) is 6.65. The summed E-state index contributed by atoms with van der Waals surface area (Å²) in [5, 5.41) is -0.222. The summed E-state index contributed by atoms with van der Waals surface area (Å²) >= 11 is 0.999. The number of hydrogen-bond donors (Lipinski definition) is 0. The van der Waals surface area contributed by atoms with E-state index in [0.717, 1.165) is 11.8 Å². The van der Waals surface area contributed by atoms with Gasteiger partial charge in [0.2, 0.25) is 5.91 Å². The molecule has 0 aliphatic carbocycles. The third kappa shape index (κ3) is 2.73. The molecule has 14 heavy (non-hydrogen) atoms. The summed E-state index contributed by atoms with van der Waals surface area (Å²) in [6.45, 7) is 0.305. The summed E-state index contributed by atoms with van der Waals surface area (Å²) in [4.78, 5) is 34.1. The first kappa shape index (κ1) is 11.0. The van der Waals surface area contributed by atoms with Crippen LogP contribution in [0.25, 0.3) is 0 Å². The van der Waals surface area contributed by atoms with Gasteiger partial charge in [-0.2, -0.15) is 0 Å². The minimum absolute atomic E-state index is 0.176. The van der Waals surface area contributed by atoms with E-state index in [1.165, 1.54) is 12.0 Å². The maximum atomic E-state index is 11.1. The summed E-state index contributed by atoms with van der Waals surface area (Å²) < 4.78 is 4.44. The SMILES string of the molecule is COC(=O)CCCN1C(=O)CSC1=O. The summed E-state index contributed by atoms with van der Waals surface area (Å²) in [5.74, 6) is -0.279. The Kier molecular flexibility index (Phi) is 3.94. The highest BCUT2D eigenvalue weighted by Crippen LogP contribution is 2.18. The van der Waals surface area contributed by atoms with E-state index < -0.39 is 0 Å². The molecular weight excluding hydrogens is 206 g/mol. The van der Waals surface area contributed by atoms with Gasteiger partial charge in [0.05, 0.1) is 12.9 Å². The molecule has 0 bridgehead atoms. The summed E-state index contributed by atoms with van der Waals surface area (Å²) in [5.41, 5.74) is 0. The van der Waals surface area contributed by atoms with E-state index in [9.17, 15) is 14.4 Å². The molecule has 0 aromatic heterocycles. The summed E-state index contributed by atoms with van der Waals surface area (Å²) in [6, 6.07) is 0. The molecule has 6 heteroatoms. The zero-order chi connectivity index (χ0) is 10.6. The number of rotatable bonds is 4. The van der Waals surface area contributed by atoms with Crippen molar-refractivity contribution in [3.8, 4) is 0 Å². The molecule has 0 saturated carbocycles. The average molecular weight is 217 g/mol. The molecular formula is C8H11NO4S. The van der Waals surface area contributed by atoms with Crippen LogP contribution in [-0.2, 0) is 14.3 Å². The number of esters is 1. The minimum Gasteiger partial charge on any atom is -0.469 e. The van der Waals surface area contributed by atoms with Crippen LogP contribution in [-0.4, -0.2) is 41.4 Å².